The van der Waals surface area contributed by atoms with Crippen molar-refractivity contribution in [1.29, 1.82) is 0 Å². The minimum atomic E-state index is -0.667. The number of hydrogen-bond donors (Lipinski definition) is 1. The van der Waals surface area contributed by atoms with Crippen molar-refractivity contribution in [2.75, 3.05) is 18.4 Å². The van der Waals surface area contributed by atoms with Gasteiger partial charge in [0.1, 0.15) is 10.5 Å². The molecule has 2 heterocycles. The van der Waals surface area contributed by atoms with Gasteiger partial charge in [-0.3, -0.25) is 4.79 Å². The first-order chi connectivity index (χ1) is 11.7. The van der Waals surface area contributed by atoms with Crippen molar-refractivity contribution in [3.8, 4) is 0 Å². The molecular weight excluding hydrogens is 340 g/mol. The molecule has 2 amide bonds. The quantitative estimate of drug-likeness (QED) is 0.781. The van der Waals surface area contributed by atoms with Crippen molar-refractivity contribution >= 4 is 40.1 Å². The molecule has 6 heteroatoms. The summed E-state index contributed by atoms with van der Waals surface area (Å²) in [6.45, 7) is 6.27. The van der Waals surface area contributed by atoms with E-state index in [0.717, 1.165) is 22.0 Å². The van der Waals surface area contributed by atoms with Crippen molar-refractivity contribution in [1.82, 2.24) is 4.90 Å². The second-order valence-corrected chi connectivity index (χ2v) is 8.37. The minimum absolute atomic E-state index is 0.0923. The lowest BCUT2D eigenvalue weighted by Gasteiger charge is -2.46. The number of halogens is 1. The van der Waals surface area contributed by atoms with Gasteiger partial charge in [-0.05, 0) is 43.9 Å². The van der Waals surface area contributed by atoms with E-state index in [1.807, 2.05) is 51.1 Å². The van der Waals surface area contributed by atoms with Crippen LogP contribution in [0.1, 0.15) is 36.7 Å². The first kappa shape index (κ1) is 16.2. The van der Waals surface area contributed by atoms with Crippen molar-refractivity contribution in [2.45, 2.75) is 31.2 Å². The van der Waals surface area contributed by atoms with E-state index in [1.165, 1.54) is 0 Å². The Labute approximate surface area is 150 Å². The van der Waals surface area contributed by atoms with E-state index in [9.17, 15) is 9.59 Å². The number of likely N-dealkylation sites (tertiary alicyclic amines) is 1. The molecule has 2 aromatic carbocycles. The van der Waals surface area contributed by atoms with Gasteiger partial charge in [-0.25, -0.2) is 4.79 Å². The number of carbonyl (C=O) groups excluding carboxylic acids is 2. The molecular formula is C19H19ClN2O3. The Morgan fingerprint density at radius 1 is 1.24 bits per heavy atom. The predicted molar refractivity (Wildman–Crippen MR) is 97.2 cm³/mol. The average molecular weight is 359 g/mol. The van der Waals surface area contributed by atoms with E-state index in [1.54, 1.807) is 4.90 Å². The number of nitrogens with one attached hydrogen (secondary N) is 1. The Bertz CT molecular complexity index is 911. The topological polar surface area (TPSA) is 58.6 Å². The number of hydrogen-bond acceptors (Lipinski definition) is 3. The third-order valence-corrected chi connectivity index (χ3v) is 4.99. The molecule has 2 aromatic rings. The molecule has 0 radical (unpaired) electrons. The van der Waals surface area contributed by atoms with Crippen molar-refractivity contribution in [3.05, 3.63) is 41.5 Å². The zero-order chi connectivity index (χ0) is 18.0. The lowest BCUT2D eigenvalue weighted by Crippen LogP contribution is -2.59. The third-order valence-electron chi connectivity index (χ3n) is 4.55. The van der Waals surface area contributed by atoms with Gasteiger partial charge in [0.15, 0.2) is 0 Å². The van der Waals surface area contributed by atoms with Gasteiger partial charge in [-0.2, -0.15) is 0 Å². The molecule has 0 bridgehead atoms. The standard InChI is InChI=1S/C19H19ClN2O3/c1-18(2,3)25-17(24)22-9-19(20,10-22)13-8-7-12-15-11(13)5-4-6-14(15)21-16(12)23/h4-8H,9-10H2,1-3H3,(H,21,23). The summed E-state index contributed by atoms with van der Waals surface area (Å²) in [5.74, 6) is -0.0923. The molecule has 5 nitrogen and oxygen atoms in total. The molecule has 0 spiro atoms. The molecule has 0 unspecified atom stereocenters. The first-order valence-corrected chi connectivity index (χ1v) is 8.60. The second-order valence-electron chi connectivity index (χ2n) is 7.64. The Morgan fingerprint density at radius 2 is 1.96 bits per heavy atom. The molecule has 1 saturated heterocycles. The first-order valence-electron chi connectivity index (χ1n) is 8.22. The highest BCUT2D eigenvalue weighted by molar-refractivity contribution is 6.29. The molecule has 25 heavy (non-hydrogen) atoms. The van der Waals surface area contributed by atoms with Gasteiger partial charge < -0.3 is 15.0 Å². The summed E-state index contributed by atoms with van der Waals surface area (Å²) in [6, 6.07) is 9.46. The highest BCUT2D eigenvalue weighted by Crippen LogP contribution is 2.45. The van der Waals surface area contributed by atoms with Gasteiger partial charge >= 0.3 is 6.09 Å². The van der Waals surface area contributed by atoms with Crippen LogP contribution in [0.3, 0.4) is 0 Å². The lowest BCUT2D eigenvalue weighted by atomic mass is 9.86. The predicted octanol–water partition coefficient (Wildman–Crippen LogP) is 4.09. The summed E-state index contributed by atoms with van der Waals surface area (Å²) >= 11 is 6.83. The van der Waals surface area contributed by atoms with Crippen molar-refractivity contribution in [3.63, 3.8) is 0 Å². The van der Waals surface area contributed by atoms with Gasteiger partial charge in [0.2, 0.25) is 0 Å². The number of amides is 2. The summed E-state index contributed by atoms with van der Waals surface area (Å²) in [7, 11) is 0. The molecule has 2 aliphatic rings. The number of anilines is 1. The molecule has 130 valence electrons. The van der Waals surface area contributed by atoms with Gasteiger partial charge in [0.05, 0.1) is 0 Å². The van der Waals surface area contributed by atoms with Crippen molar-refractivity contribution < 1.29 is 14.3 Å². The average Bonchev–Trinajstić information content (AvgIpc) is 2.81. The van der Waals surface area contributed by atoms with E-state index < -0.39 is 10.5 Å². The Hall–Kier alpha value is -2.27. The summed E-state index contributed by atoms with van der Waals surface area (Å²) in [5.41, 5.74) is 1.88. The number of ether oxygens (including phenoxy) is 1. The zero-order valence-corrected chi connectivity index (χ0v) is 15.1. The number of alkyl halides is 1. The maximum Gasteiger partial charge on any atom is 0.410 e. The second kappa shape index (κ2) is 5.11. The molecule has 4 rings (SSSR count). The largest absolute Gasteiger partial charge is 0.444 e. The molecule has 1 fully saturated rings. The summed E-state index contributed by atoms with van der Waals surface area (Å²) in [5, 5.41) is 4.73. The maximum atomic E-state index is 12.2. The SMILES string of the molecule is CC(C)(C)OC(=O)N1CC(Cl)(c2ccc3c4c(cccc24)NC3=O)C1. The zero-order valence-electron chi connectivity index (χ0n) is 14.4. The molecule has 0 aromatic heterocycles. The number of benzene rings is 2. The van der Waals surface area contributed by atoms with Crippen LogP contribution in [0.4, 0.5) is 10.5 Å². The smallest absolute Gasteiger partial charge is 0.410 e. The van der Waals surface area contributed by atoms with Crippen LogP contribution in [0, 0.1) is 0 Å². The normalized spacial score (nSPS) is 18.1. The third kappa shape index (κ3) is 2.54. The van der Waals surface area contributed by atoms with E-state index in [0.29, 0.717) is 18.7 Å². The molecule has 0 saturated carbocycles. The van der Waals surface area contributed by atoms with Gasteiger partial charge in [-0.15, -0.1) is 11.6 Å². The van der Waals surface area contributed by atoms with Gasteiger partial charge in [0, 0.05) is 29.7 Å². The van der Waals surface area contributed by atoms with Gasteiger partial charge in [0.25, 0.3) is 5.91 Å². The van der Waals surface area contributed by atoms with Crippen LogP contribution in [0.15, 0.2) is 30.3 Å². The number of rotatable bonds is 1. The fourth-order valence-corrected chi connectivity index (χ4v) is 3.92. The van der Waals surface area contributed by atoms with E-state index in [2.05, 4.69) is 5.32 Å². The van der Waals surface area contributed by atoms with Crippen LogP contribution < -0.4 is 5.32 Å². The van der Waals surface area contributed by atoms with E-state index in [-0.39, 0.29) is 12.0 Å². The fraction of sp³-hybridized carbons (Fsp3) is 0.368. The lowest BCUT2D eigenvalue weighted by molar-refractivity contribution is 0.00333. The Balaban J connectivity index is 1.65. The molecule has 2 aliphatic heterocycles. The minimum Gasteiger partial charge on any atom is -0.444 e. The summed E-state index contributed by atoms with van der Waals surface area (Å²) in [4.78, 5) is 25.2. The highest BCUT2D eigenvalue weighted by Gasteiger charge is 2.47. The molecule has 0 atom stereocenters. The van der Waals surface area contributed by atoms with Crippen molar-refractivity contribution in [2.24, 2.45) is 0 Å². The van der Waals surface area contributed by atoms with E-state index in [4.69, 9.17) is 16.3 Å². The molecule has 1 N–H and O–H groups in total. The van der Waals surface area contributed by atoms with Crippen LogP contribution in [-0.2, 0) is 9.61 Å². The van der Waals surface area contributed by atoms with Crippen LogP contribution >= 0.6 is 11.6 Å². The van der Waals surface area contributed by atoms with Crippen LogP contribution in [0.25, 0.3) is 10.8 Å². The van der Waals surface area contributed by atoms with E-state index >= 15 is 0 Å². The number of nitrogens with zero attached hydrogens (tertiary/aromatic N) is 1. The van der Waals surface area contributed by atoms with Crippen LogP contribution in [0.2, 0.25) is 0 Å². The highest BCUT2D eigenvalue weighted by atomic mass is 35.5. The Kier molecular flexibility index (Phi) is 3.32. The molecule has 0 aliphatic carbocycles. The number of carbonyl (C=O) groups is 2. The summed E-state index contributed by atoms with van der Waals surface area (Å²) in [6.07, 6.45) is -0.355. The Morgan fingerprint density at radius 3 is 2.64 bits per heavy atom. The van der Waals surface area contributed by atoms with Crippen LogP contribution in [-0.4, -0.2) is 35.6 Å². The maximum absolute atomic E-state index is 12.2. The fourth-order valence-electron chi connectivity index (χ4n) is 3.47. The van der Waals surface area contributed by atoms with Crippen LogP contribution in [0.5, 0.6) is 0 Å². The van der Waals surface area contributed by atoms with Gasteiger partial charge in [-0.1, -0.05) is 18.2 Å². The monoisotopic (exact) mass is 358 g/mol. The summed E-state index contributed by atoms with van der Waals surface area (Å²) < 4.78 is 5.39.